The summed E-state index contributed by atoms with van der Waals surface area (Å²) in [5.41, 5.74) is 0.788. The van der Waals surface area contributed by atoms with E-state index in [9.17, 15) is 0 Å². The number of hydrogen-bond acceptors (Lipinski definition) is 5. The van der Waals surface area contributed by atoms with Crippen molar-refractivity contribution in [1.82, 2.24) is 0 Å². The molecule has 5 nitrogen and oxygen atoms in total. The van der Waals surface area contributed by atoms with Crippen LogP contribution in [0.25, 0.3) is 0 Å². The van der Waals surface area contributed by atoms with E-state index in [-0.39, 0.29) is 12.4 Å². The van der Waals surface area contributed by atoms with Gasteiger partial charge < -0.3 is 23.7 Å². The first-order valence-corrected chi connectivity index (χ1v) is 7.50. The van der Waals surface area contributed by atoms with Gasteiger partial charge in [0.05, 0.1) is 19.3 Å². The summed E-state index contributed by atoms with van der Waals surface area (Å²) in [4.78, 5) is 0. The molecule has 1 unspecified atom stereocenters. The number of benzene rings is 1. The van der Waals surface area contributed by atoms with Crippen LogP contribution >= 0.6 is 0 Å². The van der Waals surface area contributed by atoms with Gasteiger partial charge in [-0.2, -0.15) is 0 Å². The Morgan fingerprint density at radius 1 is 1.18 bits per heavy atom. The van der Waals surface area contributed by atoms with Gasteiger partial charge in [-0.1, -0.05) is 0 Å². The summed E-state index contributed by atoms with van der Waals surface area (Å²) in [6, 6.07) is 5.79. The number of hydrogen-bond donors (Lipinski definition) is 0. The minimum absolute atomic E-state index is 0.225. The molecule has 1 aromatic rings. The van der Waals surface area contributed by atoms with Crippen molar-refractivity contribution in [2.24, 2.45) is 0 Å². The maximum atomic E-state index is 6.02. The van der Waals surface area contributed by atoms with Crippen molar-refractivity contribution in [2.45, 2.75) is 45.0 Å². The molecule has 0 amide bonds. The molecule has 0 spiro atoms. The first kappa shape index (κ1) is 17.1. The van der Waals surface area contributed by atoms with Crippen molar-refractivity contribution in [1.29, 1.82) is 0 Å². The van der Waals surface area contributed by atoms with Gasteiger partial charge in [0.25, 0.3) is 0 Å². The zero-order valence-electron chi connectivity index (χ0n) is 14.1. The van der Waals surface area contributed by atoms with Crippen LogP contribution in [0, 0.1) is 0 Å². The maximum absolute atomic E-state index is 6.02. The molecule has 124 valence electrons. The van der Waals surface area contributed by atoms with Crippen LogP contribution in [0.3, 0.4) is 0 Å². The SMILES string of the molecule is COCOc1ccc(OC)cc1CCC1(C)COC(C)(C)O1. The molecule has 0 aliphatic carbocycles. The van der Waals surface area contributed by atoms with Crippen LogP contribution in [-0.4, -0.2) is 39.0 Å². The molecule has 1 heterocycles. The molecule has 1 aliphatic rings. The van der Waals surface area contributed by atoms with Gasteiger partial charge in [0.1, 0.15) is 11.5 Å². The molecule has 1 fully saturated rings. The van der Waals surface area contributed by atoms with E-state index >= 15 is 0 Å². The molecule has 5 heteroatoms. The van der Waals surface area contributed by atoms with E-state index in [1.54, 1.807) is 14.2 Å². The van der Waals surface area contributed by atoms with Gasteiger partial charge in [0.15, 0.2) is 12.6 Å². The standard InChI is InChI=1S/C17H26O5/c1-16(2)21-11-17(3,22-16)9-8-13-10-14(19-5)6-7-15(13)20-12-18-4/h6-7,10H,8-9,11-12H2,1-5H3. The zero-order chi connectivity index (χ0) is 16.2. The molecule has 0 bridgehead atoms. The van der Waals surface area contributed by atoms with Crippen LogP contribution in [0.5, 0.6) is 11.5 Å². The predicted molar refractivity (Wildman–Crippen MR) is 83.3 cm³/mol. The second kappa shape index (κ2) is 6.86. The molecule has 22 heavy (non-hydrogen) atoms. The van der Waals surface area contributed by atoms with Crippen LogP contribution in [0.4, 0.5) is 0 Å². The molecule has 1 aliphatic heterocycles. The summed E-state index contributed by atoms with van der Waals surface area (Å²) in [7, 11) is 3.27. The molecule has 1 saturated heterocycles. The molecular weight excluding hydrogens is 284 g/mol. The molecule has 2 rings (SSSR count). The van der Waals surface area contributed by atoms with E-state index in [0.717, 1.165) is 29.9 Å². The van der Waals surface area contributed by atoms with Crippen LogP contribution in [0.2, 0.25) is 0 Å². The van der Waals surface area contributed by atoms with Gasteiger partial charge in [-0.15, -0.1) is 0 Å². The molecule has 1 atom stereocenters. The third-order valence-corrected chi connectivity index (χ3v) is 3.74. The van der Waals surface area contributed by atoms with Crippen LogP contribution in [0.15, 0.2) is 18.2 Å². The fraction of sp³-hybridized carbons (Fsp3) is 0.647. The largest absolute Gasteiger partial charge is 0.497 e. The summed E-state index contributed by atoms with van der Waals surface area (Å²) < 4.78 is 27.6. The van der Waals surface area contributed by atoms with E-state index in [1.807, 2.05) is 32.0 Å². The zero-order valence-corrected chi connectivity index (χ0v) is 14.1. The van der Waals surface area contributed by atoms with Crippen LogP contribution in [-0.2, 0) is 20.6 Å². The Hall–Kier alpha value is -1.30. The molecular formula is C17H26O5. The molecule has 1 aromatic carbocycles. The average molecular weight is 310 g/mol. The average Bonchev–Trinajstić information content (AvgIpc) is 2.77. The maximum Gasteiger partial charge on any atom is 0.188 e. The van der Waals surface area contributed by atoms with Crippen molar-refractivity contribution in [3.05, 3.63) is 23.8 Å². The lowest BCUT2D eigenvalue weighted by Crippen LogP contribution is -2.31. The minimum Gasteiger partial charge on any atom is -0.497 e. The smallest absolute Gasteiger partial charge is 0.188 e. The lowest BCUT2D eigenvalue weighted by Gasteiger charge is -2.25. The molecule has 0 N–H and O–H groups in total. The van der Waals surface area contributed by atoms with Crippen molar-refractivity contribution < 1.29 is 23.7 Å². The van der Waals surface area contributed by atoms with Gasteiger partial charge in [-0.25, -0.2) is 0 Å². The fourth-order valence-electron chi connectivity index (χ4n) is 2.64. The highest BCUT2D eigenvalue weighted by atomic mass is 16.8. The summed E-state index contributed by atoms with van der Waals surface area (Å²) in [6.07, 6.45) is 1.65. The summed E-state index contributed by atoms with van der Waals surface area (Å²) in [5.74, 6) is 1.11. The molecule has 0 saturated carbocycles. The normalized spacial score (nSPS) is 23.5. The van der Waals surface area contributed by atoms with Crippen LogP contribution < -0.4 is 9.47 Å². The highest BCUT2D eigenvalue weighted by Gasteiger charge is 2.41. The number of methoxy groups -OCH3 is 2. The van der Waals surface area contributed by atoms with E-state index in [1.165, 1.54) is 0 Å². The Labute approximate surface area is 132 Å². The number of rotatable bonds is 7. The Morgan fingerprint density at radius 2 is 1.95 bits per heavy atom. The van der Waals surface area contributed by atoms with Gasteiger partial charge in [0.2, 0.25) is 0 Å². The van der Waals surface area contributed by atoms with E-state index in [4.69, 9.17) is 23.7 Å². The Bertz CT molecular complexity index is 500. The van der Waals surface area contributed by atoms with Gasteiger partial charge >= 0.3 is 0 Å². The Kier molecular flexibility index (Phi) is 5.32. The van der Waals surface area contributed by atoms with Crippen molar-refractivity contribution in [2.75, 3.05) is 27.6 Å². The summed E-state index contributed by atoms with van der Waals surface area (Å²) in [5, 5.41) is 0. The third kappa shape index (κ3) is 4.35. The predicted octanol–water partition coefficient (Wildman–Crippen LogP) is 3.15. The van der Waals surface area contributed by atoms with Crippen molar-refractivity contribution in [3.8, 4) is 11.5 Å². The fourth-order valence-corrected chi connectivity index (χ4v) is 2.64. The monoisotopic (exact) mass is 310 g/mol. The summed E-state index contributed by atoms with van der Waals surface area (Å²) >= 11 is 0. The molecule has 0 aromatic heterocycles. The van der Waals surface area contributed by atoms with Crippen molar-refractivity contribution in [3.63, 3.8) is 0 Å². The lowest BCUT2D eigenvalue weighted by molar-refractivity contribution is -0.158. The first-order chi connectivity index (χ1) is 10.4. The quantitative estimate of drug-likeness (QED) is 0.724. The number of aryl methyl sites for hydroxylation is 1. The van der Waals surface area contributed by atoms with E-state index in [2.05, 4.69) is 6.92 Å². The van der Waals surface area contributed by atoms with Gasteiger partial charge in [0, 0.05) is 7.11 Å². The van der Waals surface area contributed by atoms with Gasteiger partial charge in [-0.05, 0) is 57.4 Å². The number of ether oxygens (including phenoxy) is 5. The van der Waals surface area contributed by atoms with E-state index < -0.39 is 5.79 Å². The third-order valence-electron chi connectivity index (χ3n) is 3.74. The van der Waals surface area contributed by atoms with Gasteiger partial charge in [-0.3, -0.25) is 0 Å². The molecule has 0 radical (unpaired) electrons. The van der Waals surface area contributed by atoms with E-state index in [0.29, 0.717) is 6.61 Å². The minimum atomic E-state index is -0.515. The lowest BCUT2D eigenvalue weighted by atomic mass is 9.97. The Balaban J connectivity index is 2.07. The highest BCUT2D eigenvalue weighted by Crippen LogP contribution is 2.35. The Morgan fingerprint density at radius 3 is 2.55 bits per heavy atom. The highest BCUT2D eigenvalue weighted by molar-refractivity contribution is 5.40. The first-order valence-electron chi connectivity index (χ1n) is 7.50. The summed E-state index contributed by atoms with van der Waals surface area (Å²) in [6.45, 7) is 6.78. The second-order valence-electron chi connectivity index (χ2n) is 6.26. The van der Waals surface area contributed by atoms with Crippen LogP contribution in [0.1, 0.15) is 32.8 Å². The van der Waals surface area contributed by atoms with Crippen molar-refractivity contribution >= 4 is 0 Å². The topological polar surface area (TPSA) is 46.2 Å². The second-order valence-corrected chi connectivity index (χ2v) is 6.26.